The highest BCUT2D eigenvalue weighted by Crippen LogP contribution is 2.30. The third kappa shape index (κ3) is 5.22. The fraction of sp³-hybridized carbons (Fsp3) is 0.571. The van der Waals surface area contributed by atoms with E-state index in [4.69, 9.17) is 0 Å². The maximum absolute atomic E-state index is 12.3. The Bertz CT molecular complexity index is 844. The molecule has 1 aliphatic carbocycles. The van der Waals surface area contributed by atoms with Crippen LogP contribution in [0.1, 0.15) is 37.0 Å². The van der Waals surface area contributed by atoms with E-state index in [0.29, 0.717) is 24.8 Å². The van der Waals surface area contributed by atoms with Gasteiger partial charge < -0.3 is 10.2 Å². The van der Waals surface area contributed by atoms with Crippen molar-refractivity contribution in [1.82, 2.24) is 15.1 Å². The largest absolute Gasteiger partial charge is 0.370 e. The number of piperidine rings is 1. The molecule has 1 aliphatic heterocycles. The van der Waals surface area contributed by atoms with Crippen molar-refractivity contribution in [3.05, 3.63) is 45.0 Å². The first-order valence-corrected chi connectivity index (χ1v) is 11.2. The van der Waals surface area contributed by atoms with Crippen LogP contribution in [0.5, 0.6) is 0 Å². The van der Waals surface area contributed by atoms with E-state index in [2.05, 4.69) is 26.8 Å². The highest BCUT2D eigenvalue weighted by Gasteiger charge is 2.25. The smallest absolute Gasteiger partial charge is 0.268 e. The van der Waals surface area contributed by atoms with Crippen LogP contribution in [0.3, 0.4) is 0 Å². The van der Waals surface area contributed by atoms with Crippen molar-refractivity contribution in [3.63, 3.8) is 0 Å². The number of carbonyl (C=O) groups is 1. The Morgan fingerprint density at radius 1 is 1.29 bits per heavy atom. The highest BCUT2D eigenvalue weighted by atomic mass is 32.1. The normalized spacial score (nSPS) is 19.6. The molecule has 3 heterocycles. The second kappa shape index (κ2) is 8.90. The molecule has 0 aromatic carbocycles. The van der Waals surface area contributed by atoms with Crippen LogP contribution >= 0.6 is 11.3 Å². The van der Waals surface area contributed by atoms with E-state index in [0.717, 1.165) is 44.6 Å². The molecule has 1 amide bonds. The number of amides is 1. The first-order valence-electron chi connectivity index (χ1n) is 10.3. The van der Waals surface area contributed by atoms with Gasteiger partial charge in [0.15, 0.2) is 0 Å². The minimum Gasteiger partial charge on any atom is -0.370 e. The third-order valence-electron chi connectivity index (χ3n) is 5.62. The molecular weight excluding hydrogens is 372 g/mol. The van der Waals surface area contributed by atoms with Gasteiger partial charge >= 0.3 is 0 Å². The predicted molar refractivity (Wildman–Crippen MR) is 112 cm³/mol. The van der Waals surface area contributed by atoms with Gasteiger partial charge in [0.05, 0.1) is 11.9 Å². The van der Waals surface area contributed by atoms with Crippen LogP contribution < -0.4 is 15.8 Å². The molecule has 0 radical (unpaired) electrons. The van der Waals surface area contributed by atoms with Gasteiger partial charge in [-0.3, -0.25) is 9.59 Å². The van der Waals surface area contributed by atoms with Gasteiger partial charge in [-0.1, -0.05) is 6.07 Å². The monoisotopic (exact) mass is 400 g/mol. The molecule has 2 aromatic rings. The Morgan fingerprint density at radius 2 is 2.18 bits per heavy atom. The van der Waals surface area contributed by atoms with Crippen molar-refractivity contribution in [2.24, 2.45) is 11.8 Å². The van der Waals surface area contributed by atoms with Gasteiger partial charge in [-0.15, -0.1) is 11.3 Å². The lowest BCUT2D eigenvalue weighted by Gasteiger charge is -2.34. The molecule has 150 valence electrons. The highest BCUT2D eigenvalue weighted by molar-refractivity contribution is 7.09. The summed E-state index contributed by atoms with van der Waals surface area (Å²) in [5.41, 5.74) is 0.873. The summed E-state index contributed by atoms with van der Waals surface area (Å²) in [6.45, 7) is 3.17. The van der Waals surface area contributed by atoms with Gasteiger partial charge in [0, 0.05) is 43.5 Å². The molecule has 1 atom stereocenters. The number of nitrogens with one attached hydrogen (secondary N) is 1. The molecule has 1 unspecified atom stereocenters. The van der Waals surface area contributed by atoms with E-state index < -0.39 is 0 Å². The minimum absolute atomic E-state index is 0.0159. The van der Waals surface area contributed by atoms with Crippen LogP contribution in [0.25, 0.3) is 0 Å². The zero-order valence-electron chi connectivity index (χ0n) is 16.2. The molecule has 0 bridgehead atoms. The molecule has 2 fully saturated rings. The average molecular weight is 401 g/mol. The number of anilines is 1. The molecule has 1 saturated heterocycles. The topological polar surface area (TPSA) is 67.2 Å². The zero-order valence-corrected chi connectivity index (χ0v) is 17.0. The van der Waals surface area contributed by atoms with Crippen LogP contribution in [0.4, 0.5) is 5.69 Å². The molecule has 1 N–H and O–H groups in total. The SMILES string of the molecule is O=C(CC1CCCN(c2cnn(CC3CC3)c(=O)c2)C1)NCCc1cccs1. The zero-order chi connectivity index (χ0) is 19.3. The fourth-order valence-electron chi connectivity index (χ4n) is 3.86. The lowest BCUT2D eigenvalue weighted by molar-refractivity contribution is -0.122. The standard InChI is InChI=1S/C21H28N4O2S/c26-20(22-8-7-19-4-2-10-28-19)11-17-3-1-9-24(14-17)18-12-21(27)25(23-13-18)15-16-5-6-16/h2,4,10,12-13,16-17H,1,3,5-9,11,14-15H2,(H,22,26). The van der Waals surface area contributed by atoms with Crippen molar-refractivity contribution in [3.8, 4) is 0 Å². The van der Waals surface area contributed by atoms with Crippen LogP contribution in [-0.4, -0.2) is 35.3 Å². The van der Waals surface area contributed by atoms with Crippen LogP contribution in [0.15, 0.2) is 34.6 Å². The number of hydrogen-bond acceptors (Lipinski definition) is 5. The molecule has 1 saturated carbocycles. The minimum atomic E-state index is -0.0159. The fourth-order valence-corrected chi connectivity index (χ4v) is 4.57. The van der Waals surface area contributed by atoms with Crippen molar-refractivity contribution >= 4 is 22.9 Å². The Hall–Kier alpha value is -2.15. The quantitative estimate of drug-likeness (QED) is 0.740. The molecule has 2 aliphatic rings. The summed E-state index contributed by atoms with van der Waals surface area (Å²) in [5, 5.41) is 9.48. The maximum Gasteiger partial charge on any atom is 0.268 e. The predicted octanol–water partition coefficient (Wildman–Crippen LogP) is 2.68. The molecule has 28 heavy (non-hydrogen) atoms. The maximum atomic E-state index is 12.3. The molecule has 2 aromatic heterocycles. The first-order chi connectivity index (χ1) is 13.7. The van der Waals surface area contributed by atoms with E-state index >= 15 is 0 Å². The molecule has 6 nitrogen and oxygen atoms in total. The van der Waals surface area contributed by atoms with Crippen LogP contribution in [0, 0.1) is 11.8 Å². The van der Waals surface area contributed by atoms with Gasteiger partial charge in [-0.25, -0.2) is 4.68 Å². The number of aromatic nitrogens is 2. The molecule has 4 rings (SSSR count). The number of nitrogens with zero attached hydrogens (tertiary/aromatic N) is 3. The Balaban J connectivity index is 1.27. The third-order valence-corrected chi connectivity index (χ3v) is 6.55. The summed E-state index contributed by atoms with van der Waals surface area (Å²) >= 11 is 1.73. The van der Waals surface area contributed by atoms with E-state index in [-0.39, 0.29) is 11.5 Å². The average Bonchev–Trinajstić information content (AvgIpc) is 3.35. The first kappa shape index (κ1) is 19.2. The number of rotatable bonds is 8. The van der Waals surface area contributed by atoms with Gasteiger partial charge in [-0.05, 0) is 55.4 Å². The summed E-state index contributed by atoms with van der Waals surface area (Å²) in [7, 11) is 0. The van der Waals surface area contributed by atoms with E-state index in [9.17, 15) is 9.59 Å². The van der Waals surface area contributed by atoms with E-state index in [1.54, 1.807) is 22.1 Å². The van der Waals surface area contributed by atoms with Crippen molar-refractivity contribution in [2.45, 2.75) is 45.1 Å². The van der Waals surface area contributed by atoms with Crippen molar-refractivity contribution in [1.29, 1.82) is 0 Å². The summed E-state index contributed by atoms with van der Waals surface area (Å²) in [5.74, 6) is 1.08. The Kier molecular flexibility index (Phi) is 6.10. The number of carbonyl (C=O) groups excluding carboxylic acids is 1. The van der Waals surface area contributed by atoms with E-state index in [1.807, 2.05) is 12.3 Å². The van der Waals surface area contributed by atoms with Gasteiger partial charge in [0.1, 0.15) is 0 Å². The summed E-state index contributed by atoms with van der Waals surface area (Å²) < 4.78 is 1.59. The molecular formula is C21H28N4O2S. The van der Waals surface area contributed by atoms with Gasteiger partial charge in [-0.2, -0.15) is 5.10 Å². The molecule has 7 heteroatoms. The molecule has 0 spiro atoms. The summed E-state index contributed by atoms with van der Waals surface area (Å²) in [4.78, 5) is 28.1. The Labute approximate surface area is 169 Å². The summed E-state index contributed by atoms with van der Waals surface area (Å²) in [6, 6.07) is 5.85. The second-order valence-electron chi connectivity index (χ2n) is 8.02. The van der Waals surface area contributed by atoms with Gasteiger partial charge in [0.2, 0.25) is 5.91 Å². The number of thiophene rings is 1. The van der Waals surface area contributed by atoms with E-state index in [1.165, 1.54) is 17.7 Å². The lowest BCUT2D eigenvalue weighted by Crippen LogP contribution is -2.39. The number of hydrogen-bond donors (Lipinski definition) is 1. The van der Waals surface area contributed by atoms with Crippen molar-refractivity contribution in [2.75, 3.05) is 24.5 Å². The van der Waals surface area contributed by atoms with Crippen LogP contribution in [0.2, 0.25) is 0 Å². The Morgan fingerprint density at radius 3 is 2.93 bits per heavy atom. The second-order valence-corrected chi connectivity index (χ2v) is 9.05. The van der Waals surface area contributed by atoms with Gasteiger partial charge in [0.25, 0.3) is 5.56 Å². The summed E-state index contributed by atoms with van der Waals surface area (Å²) in [6.07, 6.45) is 7.76. The van der Waals surface area contributed by atoms with Crippen LogP contribution in [-0.2, 0) is 17.8 Å². The lowest BCUT2D eigenvalue weighted by atomic mass is 9.94. The van der Waals surface area contributed by atoms with Crippen molar-refractivity contribution < 1.29 is 4.79 Å².